The number of fused-ring (bicyclic) bond motifs is 6. The van der Waals surface area contributed by atoms with Crippen molar-refractivity contribution in [2.24, 2.45) is 0 Å². The molecular formula is C42H34F2N2O17. The van der Waals surface area contributed by atoms with Crippen LogP contribution in [0, 0.1) is 11.6 Å². The zero-order valence-electron chi connectivity index (χ0n) is 33.7. The molecule has 21 heteroatoms. The Kier molecular flexibility index (Phi) is 12.9. The molecule has 0 radical (unpaired) electrons. The van der Waals surface area contributed by atoms with Crippen molar-refractivity contribution in [2.75, 3.05) is 44.0 Å². The molecule has 0 fully saturated rings. The monoisotopic (exact) mass is 876 g/mol. The highest BCUT2D eigenvalue weighted by Crippen LogP contribution is 2.58. The Morgan fingerprint density at radius 1 is 0.651 bits per heavy atom. The van der Waals surface area contributed by atoms with E-state index < -0.39 is 103 Å². The third-order valence-electron chi connectivity index (χ3n) is 9.06. The van der Waals surface area contributed by atoms with Crippen molar-refractivity contribution in [1.82, 2.24) is 0 Å². The standard InChI is InChI=1S/C42H34F2N2O17/c1-20(47)56-18-58-38(51)16-46(17-39(52)59-19-57-21(2)48)32-9-7-25(11-37(32)55-5)45-40(53)24-6-8-26-27(10-24)42(63-41(26)54)28-12-30(43)35(60-22(3)49)14-33(28)62-34-15-36(61-23(4)50)31(44)13-29(34)42/h6-15H,16-19H2,1-5H3,(H,45,53). The van der Waals surface area contributed by atoms with Crippen molar-refractivity contribution in [3.63, 3.8) is 0 Å². The van der Waals surface area contributed by atoms with Crippen molar-refractivity contribution in [3.8, 4) is 28.7 Å². The van der Waals surface area contributed by atoms with Crippen LogP contribution in [0.25, 0.3) is 0 Å². The summed E-state index contributed by atoms with van der Waals surface area (Å²) < 4.78 is 77.8. The highest BCUT2D eigenvalue weighted by Gasteiger charge is 2.55. The van der Waals surface area contributed by atoms with Gasteiger partial charge in [0.2, 0.25) is 13.6 Å². The van der Waals surface area contributed by atoms with Crippen LogP contribution in [-0.2, 0) is 58.1 Å². The van der Waals surface area contributed by atoms with Gasteiger partial charge in [0.25, 0.3) is 5.91 Å². The lowest BCUT2D eigenvalue weighted by Gasteiger charge is -2.37. The number of rotatable bonds is 14. The van der Waals surface area contributed by atoms with Crippen LogP contribution in [0.5, 0.6) is 28.7 Å². The molecule has 0 saturated heterocycles. The van der Waals surface area contributed by atoms with Gasteiger partial charge in [-0.05, 0) is 42.5 Å². The minimum Gasteiger partial charge on any atom is -0.495 e. The first-order valence-corrected chi connectivity index (χ1v) is 18.3. The molecule has 0 aliphatic carbocycles. The number of ether oxygens (including phenoxy) is 9. The maximum atomic E-state index is 15.6. The lowest BCUT2D eigenvalue weighted by atomic mass is 9.77. The zero-order chi connectivity index (χ0) is 45.7. The summed E-state index contributed by atoms with van der Waals surface area (Å²) >= 11 is 0. The Bertz CT molecular complexity index is 2490. The van der Waals surface area contributed by atoms with Gasteiger partial charge in [-0.3, -0.25) is 33.6 Å². The van der Waals surface area contributed by atoms with Gasteiger partial charge >= 0.3 is 41.8 Å². The van der Waals surface area contributed by atoms with Crippen LogP contribution >= 0.6 is 0 Å². The highest BCUT2D eigenvalue weighted by atomic mass is 19.1. The van der Waals surface area contributed by atoms with Gasteiger partial charge in [0, 0.05) is 62.7 Å². The van der Waals surface area contributed by atoms with E-state index in [0.29, 0.717) is 0 Å². The second kappa shape index (κ2) is 18.3. The number of nitrogens with zero attached hydrogens (tertiary/aromatic N) is 1. The maximum Gasteiger partial charge on any atom is 0.340 e. The fourth-order valence-corrected chi connectivity index (χ4v) is 6.53. The van der Waals surface area contributed by atoms with Crippen molar-refractivity contribution >= 4 is 59.1 Å². The van der Waals surface area contributed by atoms with Crippen LogP contribution in [-0.4, -0.2) is 81.5 Å². The van der Waals surface area contributed by atoms with E-state index in [1.54, 1.807) is 0 Å². The summed E-state index contributed by atoms with van der Waals surface area (Å²) in [5, 5.41) is 2.67. The normalized spacial score (nSPS) is 12.5. The van der Waals surface area contributed by atoms with Gasteiger partial charge in [-0.25, -0.2) is 13.6 Å². The Morgan fingerprint density at radius 3 is 1.68 bits per heavy atom. The average Bonchev–Trinajstić information content (AvgIpc) is 3.49. The van der Waals surface area contributed by atoms with E-state index in [4.69, 9.17) is 33.2 Å². The molecule has 1 amide bonds. The Hall–Kier alpha value is -8.10. The van der Waals surface area contributed by atoms with Crippen molar-refractivity contribution in [2.45, 2.75) is 33.3 Å². The molecule has 63 heavy (non-hydrogen) atoms. The molecule has 0 atom stereocenters. The van der Waals surface area contributed by atoms with Gasteiger partial charge in [-0.2, -0.15) is 0 Å². The van der Waals surface area contributed by atoms with Crippen LogP contribution in [0.3, 0.4) is 0 Å². The van der Waals surface area contributed by atoms with Crippen molar-refractivity contribution < 1.29 is 89.8 Å². The van der Waals surface area contributed by atoms with Gasteiger partial charge in [0.05, 0.1) is 29.5 Å². The maximum absolute atomic E-state index is 15.6. The molecular weight excluding hydrogens is 842 g/mol. The first-order chi connectivity index (χ1) is 29.9. The fraction of sp³-hybridized carbons (Fsp3) is 0.238. The summed E-state index contributed by atoms with van der Waals surface area (Å²) in [6.45, 7) is 1.65. The van der Waals surface area contributed by atoms with E-state index in [2.05, 4.69) is 14.8 Å². The number of amides is 1. The summed E-state index contributed by atoms with van der Waals surface area (Å²) in [6, 6.07) is 11.7. The number of anilines is 2. The molecule has 1 N–H and O–H groups in total. The summed E-state index contributed by atoms with van der Waals surface area (Å²) in [5.74, 6) is -10.4. The number of halogens is 2. The summed E-state index contributed by atoms with van der Waals surface area (Å²) in [7, 11) is 1.26. The van der Waals surface area contributed by atoms with Crippen molar-refractivity contribution in [3.05, 3.63) is 100 Å². The third-order valence-corrected chi connectivity index (χ3v) is 9.06. The molecule has 328 valence electrons. The molecule has 0 bridgehead atoms. The molecule has 0 aromatic heterocycles. The molecule has 0 saturated carbocycles. The van der Waals surface area contributed by atoms with Gasteiger partial charge in [0.15, 0.2) is 28.7 Å². The second-order valence-electron chi connectivity index (χ2n) is 13.4. The van der Waals surface area contributed by atoms with E-state index in [1.165, 1.54) is 48.4 Å². The van der Waals surface area contributed by atoms with E-state index in [-0.39, 0.29) is 56.4 Å². The smallest absolute Gasteiger partial charge is 0.340 e. The number of hydrogen-bond donors (Lipinski definition) is 1. The topological polar surface area (TPSA) is 235 Å². The van der Waals surface area contributed by atoms with Crippen LogP contribution in [0.4, 0.5) is 20.2 Å². The predicted octanol–water partition coefficient (Wildman–Crippen LogP) is 4.58. The minimum absolute atomic E-state index is 0.0148. The Morgan fingerprint density at radius 2 is 1.19 bits per heavy atom. The lowest BCUT2D eigenvalue weighted by molar-refractivity contribution is -0.165. The quantitative estimate of drug-likeness (QED) is 0.0790. The molecule has 6 rings (SSSR count). The summed E-state index contributed by atoms with van der Waals surface area (Å²) in [6.07, 6.45) is 0. The van der Waals surface area contributed by atoms with Crippen molar-refractivity contribution in [1.29, 1.82) is 0 Å². The first kappa shape index (κ1) is 44.5. The van der Waals surface area contributed by atoms with E-state index in [0.717, 1.165) is 52.0 Å². The van der Waals surface area contributed by atoms with Gasteiger partial charge in [0.1, 0.15) is 30.3 Å². The number of nitrogens with one attached hydrogen (secondary N) is 1. The largest absolute Gasteiger partial charge is 0.495 e. The van der Waals surface area contributed by atoms with Gasteiger partial charge in [-0.1, -0.05) is 0 Å². The van der Waals surface area contributed by atoms with Crippen LogP contribution in [0.2, 0.25) is 0 Å². The first-order valence-electron chi connectivity index (χ1n) is 18.3. The van der Waals surface area contributed by atoms with Crippen LogP contribution < -0.4 is 29.2 Å². The molecule has 2 aliphatic rings. The molecule has 2 aliphatic heterocycles. The second-order valence-corrected chi connectivity index (χ2v) is 13.4. The average molecular weight is 877 g/mol. The van der Waals surface area contributed by atoms with E-state index >= 15 is 8.78 Å². The molecule has 4 aromatic rings. The minimum atomic E-state index is -2.18. The van der Waals surface area contributed by atoms with Crippen LogP contribution in [0.1, 0.15) is 65.1 Å². The number of esters is 7. The Labute approximate surface area is 354 Å². The number of carbonyl (C=O) groups is 8. The SMILES string of the molecule is COc1cc(NC(=O)c2ccc3c(c2)C2(OC3=O)c3cc(F)c(OC(C)=O)cc3Oc3cc(OC(C)=O)c(F)cc32)ccc1N(CC(=O)OCOC(C)=O)CC(=O)OCOC(C)=O. The van der Waals surface area contributed by atoms with E-state index in [1.807, 2.05) is 0 Å². The van der Waals surface area contributed by atoms with E-state index in [9.17, 15) is 38.4 Å². The highest BCUT2D eigenvalue weighted by molar-refractivity contribution is 6.06. The molecule has 0 unspecified atom stereocenters. The molecule has 4 aromatic carbocycles. The number of methoxy groups -OCH3 is 1. The van der Waals surface area contributed by atoms with Gasteiger partial charge < -0.3 is 52.8 Å². The summed E-state index contributed by atoms with van der Waals surface area (Å²) in [5.41, 5.74) is -2.54. The Balaban J connectivity index is 1.36. The van der Waals surface area contributed by atoms with Crippen LogP contribution in [0.15, 0.2) is 60.7 Å². The number of carbonyl (C=O) groups excluding carboxylic acids is 8. The number of benzene rings is 4. The predicted molar refractivity (Wildman–Crippen MR) is 206 cm³/mol. The lowest BCUT2D eigenvalue weighted by Crippen LogP contribution is -2.37. The number of hydrogen-bond acceptors (Lipinski definition) is 18. The van der Waals surface area contributed by atoms with Gasteiger partial charge in [-0.15, -0.1) is 0 Å². The fourth-order valence-electron chi connectivity index (χ4n) is 6.53. The zero-order valence-corrected chi connectivity index (χ0v) is 33.7. The third kappa shape index (κ3) is 9.61. The molecule has 1 spiro atoms. The summed E-state index contributed by atoms with van der Waals surface area (Å²) in [4.78, 5) is 99.8. The molecule has 2 heterocycles. The molecule has 19 nitrogen and oxygen atoms in total.